The number of carbonyl (C=O) groups is 1. The largest absolute Gasteiger partial charge is 0.442 e. The van der Waals surface area contributed by atoms with Crippen LogP contribution in [0.3, 0.4) is 0 Å². The van der Waals surface area contributed by atoms with Crippen molar-refractivity contribution in [3.05, 3.63) is 0 Å². The second-order valence-electron chi connectivity index (χ2n) is 5.65. The van der Waals surface area contributed by atoms with Gasteiger partial charge in [0.15, 0.2) is 0 Å². The Morgan fingerprint density at radius 1 is 1.35 bits per heavy atom. The highest BCUT2D eigenvalue weighted by Crippen LogP contribution is 2.10. The molecule has 0 aromatic rings. The SMILES string of the molecule is CC(C)CC(CN)CONC(=O)OC(C)(C)C. The summed E-state index contributed by atoms with van der Waals surface area (Å²) in [6.07, 6.45) is 0.407. The first kappa shape index (κ1) is 16.2. The zero-order valence-corrected chi connectivity index (χ0v) is 11.6. The standard InChI is InChI=1S/C12H26N2O3/c1-9(2)6-10(7-13)8-16-14-11(15)17-12(3,4)5/h9-10H,6-8,13H2,1-5H3,(H,14,15). The lowest BCUT2D eigenvalue weighted by Crippen LogP contribution is -2.34. The number of amides is 1. The quantitative estimate of drug-likeness (QED) is 0.704. The fourth-order valence-corrected chi connectivity index (χ4v) is 1.42. The Bertz CT molecular complexity index is 224. The molecule has 0 aromatic carbocycles. The molecular formula is C12H26N2O3. The Balaban J connectivity index is 3.78. The maximum Gasteiger partial charge on any atom is 0.431 e. The van der Waals surface area contributed by atoms with E-state index < -0.39 is 11.7 Å². The van der Waals surface area contributed by atoms with E-state index in [2.05, 4.69) is 19.3 Å². The summed E-state index contributed by atoms with van der Waals surface area (Å²) >= 11 is 0. The number of hydrogen-bond acceptors (Lipinski definition) is 4. The molecular weight excluding hydrogens is 220 g/mol. The Morgan fingerprint density at radius 3 is 2.35 bits per heavy atom. The average molecular weight is 246 g/mol. The molecule has 0 bridgehead atoms. The molecule has 1 atom stereocenters. The normalized spacial score (nSPS) is 13.6. The second kappa shape index (κ2) is 7.50. The van der Waals surface area contributed by atoms with Crippen LogP contribution in [0, 0.1) is 11.8 Å². The van der Waals surface area contributed by atoms with Gasteiger partial charge in [0.1, 0.15) is 5.60 Å². The third kappa shape index (κ3) is 10.1. The van der Waals surface area contributed by atoms with Crippen molar-refractivity contribution in [2.24, 2.45) is 17.6 Å². The Kier molecular flexibility index (Phi) is 7.15. The molecule has 0 rings (SSSR count). The molecule has 0 saturated carbocycles. The van der Waals surface area contributed by atoms with Crippen LogP contribution in [0.4, 0.5) is 4.79 Å². The summed E-state index contributed by atoms with van der Waals surface area (Å²) in [6.45, 7) is 10.6. The van der Waals surface area contributed by atoms with Crippen LogP contribution in [0.25, 0.3) is 0 Å². The zero-order valence-electron chi connectivity index (χ0n) is 11.6. The summed E-state index contributed by atoms with van der Waals surface area (Å²) in [5.41, 5.74) is 7.36. The summed E-state index contributed by atoms with van der Waals surface area (Å²) in [6, 6.07) is 0. The van der Waals surface area contributed by atoms with Crippen LogP contribution in [-0.2, 0) is 9.57 Å². The van der Waals surface area contributed by atoms with E-state index in [0.29, 0.717) is 19.1 Å². The molecule has 0 fully saturated rings. The molecule has 0 spiro atoms. The summed E-state index contributed by atoms with van der Waals surface area (Å²) in [5.74, 6) is 0.818. The molecule has 17 heavy (non-hydrogen) atoms. The highest BCUT2D eigenvalue weighted by Gasteiger charge is 2.16. The van der Waals surface area contributed by atoms with Crippen molar-refractivity contribution in [2.45, 2.75) is 46.6 Å². The molecule has 0 radical (unpaired) electrons. The highest BCUT2D eigenvalue weighted by molar-refractivity contribution is 5.66. The van der Waals surface area contributed by atoms with Gasteiger partial charge in [-0.25, -0.2) is 4.79 Å². The van der Waals surface area contributed by atoms with Gasteiger partial charge < -0.3 is 10.5 Å². The van der Waals surface area contributed by atoms with Crippen LogP contribution in [0.5, 0.6) is 0 Å². The first-order valence-corrected chi connectivity index (χ1v) is 6.05. The van der Waals surface area contributed by atoms with Crippen LogP contribution in [0.15, 0.2) is 0 Å². The van der Waals surface area contributed by atoms with Gasteiger partial charge in [-0.1, -0.05) is 13.8 Å². The van der Waals surface area contributed by atoms with Crippen LogP contribution < -0.4 is 11.2 Å². The molecule has 0 aromatic heterocycles. The summed E-state index contributed by atoms with van der Waals surface area (Å²) in [4.78, 5) is 16.4. The van der Waals surface area contributed by atoms with E-state index in [0.717, 1.165) is 6.42 Å². The summed E-state index contributed by atoms with van der Waals surface area (Å²) in [5, 5.41) is 0. The molecule has 3 N–H and O–H groups in total. The number of hydrogen-bond donors (Lipinski definition) is 2. The lowest BCUT2D eigenvalue weighted by molar-refractivity contribution is -0.0186. The van der Waals surface area contributed by atoms with E-state index in [-0.39, 0.29) is 5.92 Å². The van der Waals surface area contributed by atoms with Gasteiger partial charge in [-0.3, -0.25) is 4.84 Å². The molecule has 0 aliphatic rings. The first-order valence-electron chi connectivity index (χ1n) is 6.05. The number of hydroxylamine groups is 1. The topological polar surface area (TPSA) is 73.6 Å². The third-order valence-electron chi connectivity index (χ3n) is 2.01. The minimum absolute atomic E-state index is 0.255. The minimum Gasteiger partial charge on any atom is -0.442 e. The molecule has 0 aliphatic carbocycles. The molecule has 5 heteroatoms. The van der Waals surface area contributed by atoms with E-state index >= 15 is 0 Å². The number of carbonyl (C=O) groups excluding carboxylic acids is 1. The maximum atomic E-state index is 11.3. The van der Waals surface area contributed by atoms with Gasteiger partial charge in [0.05, 0.1) is 6.61 Å². The van der Waals surface area contributed by atoms with E-state index in [9.17, 15) is 4.79 Å². The van der Waals surface area contributed by atoms with E-state index in [1.807, 2.05) is 0 Å². The van der Waals surface area contributed by atoms with Crippen LogP contribution in [0.1, 0.15) is 41.0 Å². The van der Waals surface area contributed by atoms with Crippen molar-refractivity contribution in [1.82, 2.24) is 5.48 Å². The first-order chi connectivity index (χ1) is 7.74. The van der Waals surface area contributed by atoms with Crippen LogP contribution in [0.2, 0.25) is 0 Å². The smallest absolute Gasteiger partial charge is 0.431 e. The molecule has 1 amide bonds. The number of rotatable bonds is 6. The van der Waals surface area contributed by atoms with Crippen molar-refractivity contribution >= 4 is 6.09 Å². The van der Waals surface area contributed by atoms with Crippen molar-refractivity contribution in [3.8, 4) is 0 Å². The zero-order chi connectivity index (χ0) is 13.5. The van der Waals surface area contributed by atoms with Gasteiger partial charge in [0.2, 0.25) is 0 Å². The molecule has 0 saturated heterocycles. The Morgan fingerprint density at radius 2 is 1.94 bits per heavy atom. The molecule has 102 valence electrons. The van der Waals surface area contributed by atoms with Crippen LogP contribution >= 0.6 is 0 Å². The minimum atomic E-state index is -0.571. The summed E-state index contributed by atoms with van der Waals surface area (Å²) in [7, 11) is 0. The fourth-order valence-electron chi connectivity index (χ4n) is 1.42. The fraction of sp³-hybridized carbons (Fsp3) is 0.917. The van der Waals surface area contributed by atoms with Gasteiger partial charge in [-0.15, -0.1) is 0 Å². The Labute approximate surface area is 104 Å². The van der Waals surface area contributed by atoms with Crippen molar-refractivity contribution in [1.29, 1.82) is 0 Å². The van der Waals surface area contributed by atoms with Gasteiger partial charge >= 0.3 is 6.09 Å². The third-order valence-corrected chi connectivity index (χ3v) is 2.01. The van der Waals surface area contributed by atoms with Crippen molar-refractivity contribution in [3.63, 3.8) is 0 Å². The van der Waals surface area contributed by atoms with Crippen molar-refractivity contribution in [2.75, 3.05) is 13.2 Å². The lowest BCUT2D eigenvalue weighted by Gasteiger charge is -2.20. The number of nitrogens with two attached hydrogens (primary N) is 1. The molecule has 1 unspecified atom stereocenters. The van der Waals surface area contributed by atoms with E-state index in [1.54, 1.807) is 20.8 Å². The monoisotopic (exact) mass is 246 g/mol. The summed E-state index contributed by atoms with van der Waals surface area (Å²) < 4.78 is 5.03. The van der Waals surface area contributed by atoms with Gasteiger partial charge in [0.25, 0.3) is 0 Å². The molecule has 0 heterocycles. The Hall–Kier alpha value is -0.810. The number of ether oxygens (including phenoxy) is 1. The average Bonchev–Trinajstić information content (AvgIpc) is 2.12. The predicted molar refractivity (Wildman–Crippen MR) is 67.3 cm³/mol. The molecule has 0 aliphatic heterocycles. The van der Waals surface area contributed by atoms with E-state index in [4.69, 9.17) is 15.3 Å². The van der Waals surface area contributed by atoms with Gasteiger partial charge in [-0.05, 0) is 45.6 Å². The maximum absolute atomic E-state index is 11.3. The van der Waals surface area contributed by atoms with Crippen LogP contribution in [-0.4, -0.2) is 24.8 Å². The van der Waals surface area contributed by atoms with Crippen molar-refractivity contribution < 1.29 is 14.4 Å². The lowest BCUT2D eigenvalue weighted by atomic mass is 9.98. The molecule has 5 nitrogen and oxygen atoms in total. The van der Waals surface area contributed by atoms with Gasteiger partial charge in [0, 0.05) is 0 Å². The predicted octanol–water partition coefficient (Wildman–Crippen LogP) is 2.06. The van der Waals surface area contributed by atoms with E-state index in [1.165, 1.54) is 0 Å². The van der Waals surface area contributed by atoms with Gasteiger partial charge in [-0.2, -0.15) is 5.48 Å². The second-order valence-corrected chi connectivity index (χ2v) is 5.65. The highest BCUT2D eigenvalue weighted by atomic mass is 16.7. The number of nitrogens with one attached hydrogen (secondary N) is 1.